The van der Waals surface area contributed by atoms with Crippen molar-refractivity contribution in [3.63, 3.8) is 0 Å². The zero-order chi connectivity index (χ0) is 12.4. The first-order valence-electron chi connectivity index (χ1n) is 6.15. The molecule has 5 heteroatoms. The van der Waals surface area contributed by atoms with E-state index < -0.39 is 0 Å². The normalized spacial score (nSPS) is 15.7. The van der Waals surface area contributed by atoms with Crippen molar-refractivity contribution in [3.8, 4) is 0 Å². The molecule has 1 aromatic rings. The average molecular weight is 236 g/mol. The minimum atomic E-state index is 0.115. The fraction of sp³-hybridized carbons (Fsp3) is 0.667. The third-order valence-electron chi connectivity index (χ3n) is 3.39. The Balaban J connectivity index is 2.18. The van der Waals surface area contributed by atoms with Gasteiger partial charge in [-0.15, -0.1) is 0 Å². The van der Waals surface area contributed by atoms with Gasteiger partial charge in [-0.2, -0.15) is 5.10 Å². The quantitative estimate of drug-likeness (QED) is 0.830. The molecule has 0 saturated carbocycles. The largest absolute Gasteiger partial charge is 0.333 e. The number of nitrogens with one attached hydrogen (secondary N) is 1. The second kappa shape index (κ2) is 4.87. The van der Waals surface area contributed by atoms with Crippen molar-refractivity contribution in [2.45, 2.75) is 26.3 Å². The lowest BCUT2D eigenvalue weighted by molar-refractivity contribution is 0.0615. The van der Waals surface area contributed by atoms with Crippen LogP contribution in [0, 0.1) is 6.92 Å². The Morgan fingerprint density at radius 3 is 2.76 bits per heavy atom. The molecule has 0 atom stereocenters. The summed E-state index contributed by atoms with van der Waals surface area (Å²) in [6.45, 7) is 6.67. The van der Waals surface area contributed by atoms with Gasteiger partial charge >= 0.3 is 0 Å². The SMILES string of the molecule is CCCN(C(=O)c1cnn(C)c1C)C1CNC1. The summed E-state index contributed by atoms with van der Waals surface area (Å²) in [6.07, 6.45) is 2.66. The highest BCUT2D eigenvalue weighted by Crippen LogP contribution is 2.14. The predicted molar refractivity (Wildman–Crippen MR) is 65.9 cm³/mol. The third kappa shape index (κ3) is 2.20. The van der Waals surface area contributed by atoms with E-state index in [1.165, 1.54) is 0 Å². The highest BCUT2D eigenvalue weighted by atomic mass is 16.2. The Labute approximate surface area is 102 Å². The summed E-state index contributed by atoms with van der Waals surface area (Å²) < 4.78 is 1.75. The second-order valence-corrected chi connectivity index (χ2v) is 4.58. The van der Waals surface area contributed by atoms with E-state index in [4.69, 9.17) is 0 Å². The minimum absolute atomic E-state index is 0.115. The van der Waals surface area contributed by atoms with Gasteiger partial charge in [0.05, 0.1) is 17.8 Å². The molecule has 0 bridgehead atoms. The molecule has 1 aromatic heterocycles. The molecule has 0 spiro atoms. The second-order valence-electron chi connectivity index (χ2n) is 4.58. The first kappa shape index (κ1) is 12.1. The van der Waals surface area contributed by atoms with E-state index in [-0.39, 0.29) is 5.91 Å². The molecule has 94 valence electrons. The van der Waals surface area contributed by atoms with Crippen LogP contribution < -0.4 is 5.32 Å². The molecule has 1 aliphatic heterocycles. The Bertz CT molecular complexity index is 409. The number of amides is 1. The smallest absolute Gasteiger partial charge is 0.257 e. The van der Waals surface area contributed by atoms with Crippen LogP contribution in [0.3, 0.4) is 0 Å². The van der Waals surface area contributed by atoms with E-state index in [1.807, 2.05) is 18.9 Å². The Morgan fingerprint density at radius 2 is 2.35 bits per heavy atom. The third-order valence-corrected chi connectivity index (χ3v) is 3.39. The molecule has 1 aliphatic rings. The molecular formula is C12H20N4O. The monoisotopic (exact) mass is 236 g/mol. The van der Waals surface area contributed by atoms with Crippen LogP contribution >= 0.6 is 0 Å². The van der Waals surface area contributed by atoms with Crippen molar-refractivity contribution in [2.24, 2.45) is 7.05 Å². The van der Waals surface area contributed by atoms with E-state index in [1.54, 1.807) is 10.9 Å². The van der Waals surface area contributed by atoms with E-state index in [0.717, 1.165) is 37.3 Å². The van der Waals surface area contributed by atoms with Gasteiger partial charge in [-0.3, -0.25) is 9.48 Å². The van der Waals surface area contributed by atoms with Crippen molar-refractivity contribution in [3.05, 3.63) is 17.5 Å². The van der Waals surface area contributed by atoms with E-state index >= 15 is 0 Å². The topological polar surface area (TPSA) is 50.2 Å². The van der Waals surface area contributed by atoms with Crippen molar-refractivity contribution in [1.29, 1.82) is 0 Å². The number of rotatable bonds is 4. The van der Waals surface area contributed by atoms with Gasteiger partial charge in [-0.25, -0.2) is 0 Å². The maximum atomic E-state index is 12.4. The van der Waals surface area contributed by atoms with Crippen LogP contribution in [0.4, 0.5) is 0 Å². The van der Waals surface area contributed by atoms with Gasteiger partial charge in [0.25, 0.3) is 5.91 Å². The summed E-state index contributed by atoms with van der Waals surface area (Å²) in [5.41, 5.74) is 1.66. The molecular weight excluding hydrogens is 216 g/mol. The summed E-state index contributed by atoms with van der Waals surface area (Å²) in [5.74, 6) is 0.115. The fourth-order valence-electron chi connectivity index (χ4n) is 2.05. The molecule has 0 radical (unpaired) electrons. The number of carbonyl (C=O) groups excluding carboxylic acids is 1. The van der Waals surface area contributed by atoms with Gasteiger partial charge in [-0.1, -0.05) is 6.92 Å². The fourth-order valence-corrected chi connectivity index (χ4v) is 2.05. The first-order valence-corrected chi connectivity index (χ1v) is 6.15. The molecule has 2 heterocycles. The summed E-state index contributed by atoms with van der Waals surface area (Å²) in [4.78, 5) is 14.4. The van der Waals surface area contributed by atoms with Crippen molar-refractivity contribution in [2.75, 3.05) is 19.6 Å². The molecule has 1 amide bonds. The maximum absolute atomic E-state index is 12.4. The van der Waals surface area contributed by atoms with Gasteiger partial charge in [0, 0.05) is 32.4 Å². The molecule has 0 unspecified atom stereocenters. The van der Waals surface area contributed by atoms with Gasteiger partial charge in [0.1, 0.15) is 0 Å². The molecule has 0 aliphatic carbocycles. The van der Waals surface area contributed by atoms with E-state index in [9.17, 15) is 4.79 Å². The van der Waals surface area contributed by atoms with E-state index in [0.29, 0.717) is 6.04 Å². The zero-order valence-electron chi connectivity index (χ0n) is 10.7. The summed E-state index contributed by atoms with van der Waals surface area (Å²) in [5, 5.41) is 7.35. The highest BCUT2D eigenvalue weighted by molar-refractivity contribution is 5.95. The minimum Gasteiger partial charge on any atom is -0.333 e. The lowest BCUT2D eigenvalue weighted by atomic mass is 10.1. The van der Waals surface area contributed by atoms with Gasteiger partial charge < -0.3 is 10.2 Å². The summed E-state index contributed by atoms with van der Waals surface area (Å²) >= 11 is 0. The number of aryl methyl sites for hydroxylation is 1. The lowest BCUT2D eigenvalue weighted by Gasteiger charge is -2.38. The van der Waals surface area contributed by atoms with Crippen molar-refractivity contribution >= 4 is 5.91 Å². The van der Waals surface area contributed by atoms with Crippen LogP contribution in [0.15, 0.2) is 6.20 Å². The Kier molecular flexibility index (Phi) is 3.47. The highest BCUT2D eigenvalue weighted by Gasteiger charge is 2.29. The van der Waals surface area contributed by atoms with Crippen LogP contribution in [-0.2, 0) is 7.05 Å². The molecule has 1 fully saturated rings. The van der Waals surface area contributed by atoms with Crippen LogP contribution in [0.2, 0.25) is 0 Å². The Hall–Kier alpha value is -1.36. The predicted octanol–water partition coefficient (Wildman–Crippen LogP) is 0.553. The van der Waals surface area contributed by atoms with E-state index in [2.05, 4.69) is 17.3 Å². The number of hydrogen-bond acceptors (Lipinski definition) is 3. The van der Waals surface area contributed by atoms with Crippen LogP contribution in [-0.4, -0.2) is 46.3 Å². The van der Waals surface area contributed by atoms with Gasteiger partial charge in [-0.05, 0) is 13.3 Å². The van der Waals surface area contributed by atoms with Gasteiger partial charge in [0.2, 0.25) is 0 Å². The van der Waals surface area contributed by atoms with Crippen LogP contribution in [0.25, 0.3) is 0 Å². The molecule has 0 aromatic carbocycles. The summed E-state index contributed by atoms with van der Waals surface area (Å²) in [6, 6.07) is 0.349. The number of carbonyl (C=O) groups is 1. The van der Waals surface area contributed by atoms with Gasteiger partial charge in [0.15, 0.2) is 0 Å². The lowest BCUT2D eigenvalue weighted by Crippen LogP contribution is -2.59. The van der Waals surface area contributed by atoms with Crippen LogP contribution in [0.5, 0.6) is 0 Å². The summed E-state index contributed by atoms with van der Waals surface area (Å²) in [7, 11) is 1.86. The molecule has 5 nitrogen and oxygen atoms in total. The molecule has 1 saturated heterocycles. The molecule has 2 rings (SSSR count). The van der Waals surface area contributed by atoms with Crippen molar-refractivity contribution in [1.82, 2.24) is 20.0 Å². The molecule has 17 heavy (non-hydrogen) atoms. The van der Waals surface area contributed by atoms with Crippen molar-refractivity contribution < 1.29 is 4.79 Å². The Morgan fingerprint density at radius 1 is 1.65 bits per heavy atom. The van der Waals surface area contributed by atoms with Crippen LogP contribution in [0.1, 0.15) is 29.4 Å². The standard InChI is InChI=1S/C12H20N4O/c1-4-5-16(10-6-13-7-10)12(17)11-8-14-15(3)9(11)2/h8,10,13H,4-7H2,1-3H3. The average Bonchev–Trinajstić information content (AvgIpc) is 2.56. The zero-order valence-corrected chi connectivity index (χ0v) is 10.7. The molecule has 1 N–H and O–H groups in total. The number of nitrogens with zero attached hydrogens (tertiary/aromatic N) is 3. The first-order chi connectivity index (χ1) is 8.15. The number of hydrogen-bond donors (Lipinski definition) is 1. The maximum Gasteiger partial charge on any atom is 0.257 e. The number of aromatic nitrogens is 2.